The molecule has 4 heteroatoms. The highest BCUT2D eigenvalue weighted by Gasteiger charge is 2.15. The summed E-state index contributed by atoms with van der Waals surface area (Å²) in [5, 5.41) is 2.92. The molecule has 0 saturated carbocycles. The molecule has 0 saturated heterocycles. The number of anilines is 1. The van der Waals surface area contributed by atoms with Crippen LogP contribution in [0.4, 0.5) is 5.69 Å². The van der Waals surface area contributed by atoms with Crippen molar-refractivity contribution in [3.63, 3.8) is 0 Å². The molecular formula is C23H28BrNO2. The first kappa shape index (κ1) is 21.2. The predicted molar refractivity (Wildman–Crippen MR) is 117 cm³/mol. The van der Waals surface area contributed by atoms with Gasteiger partial charge in [0.1, 0.15) is 5.75 Å². The van der Waals surface area contributed by atoms with Gasteiger partial charge in [0.2, 0.25) is 5.91 Å². The number of ether oxygens (including phenoxy) is 1. The van der Waals surface area contributed by atoms with Crippen LogP contribution in [0.2, 0.25) is 0 Å². The van der Waals surface area contributed by atoms with Crippen LogP contribution in [0.15, 0.2) is 53.0 Å². The topological polar surface area (TPSA) is 38.3 Å². The Morgan fingerprint density at radius 2 is 1.93 bits per heavy atom. The van der Waals surface area contributed by atoms with Crippen molar-refractivity contribution in [1.29, 1.82) is 0 Å². The van der Waals surface area contributed by atoms with Crippen molar-refractivity contribution >= 4 is 33.6 Å². The number of carbonyl (C=O) groups is 1. The van der Waals surface area contributed by atoms with Gasteiger partial charge in [-0.05, 0) is 57.6 Å². The van der Waals surface area contributed by atoms with Gasteiger partial charge in [0.05, 0.1) is 12.3 Å². The normalized spacial score (nSPS) is 11.6. The largest absolute Gasteiger partial charge is 0.493 e. The summed E-state index contributed by atoms with van der Waals surface area (Å²) in [7, 11) is 0. The van der Waals surface area contributed by atoms with Gasteiger partial charge in [-0.3, -0.25) is 4.79 Å². The lowest BCUT2D eigenvalue weighted by atomic mass is 9.87. The first-order valence-electron chi connectivity index (χ1n) is 9.32. The van der Waals surface area contributed by atoms with E-state index >= 15 is 0 Å². The molecule has 0 spiro atoms. The van der Waals surface area contributed by atoms with E-state index < -0.39 is 0 Å². The number of unbranched alkanes of at least 4 members (excludes halogenated alkanes) is 1. The number of para-hydroxylation sites is 1. The molecule has 0 aliphatic carbocycles. The highest BCUT2D eigenvalue weighted by molar-refractivity contribution is 9.10. The zero-order valence-electron chi connectivity index (χ0n) is 16.5. The molecule has 1 N–H and O–H groups in total. The molecule has 0 atom stereocenters. The van der Waals surface area contributed by atoms with Crippen molar-refractivity contribution in [2.24, 2.45) is 0 Å². The van der Waals surface area contributed by atoms with Gasteiger partial charge in [0.25, 0.3) is 0 Å². The van der Waals surface area contributed by atoms with E-state index in [2.05, 4.69) is 55.0 Å². The Hall–Kier alpha value is -2.07. The van der Waals surface area contributed by atoms with Gasteiger partial charge in [-0.1, -0.05) is 58.4 Å². The zero-order valence-corrected chi connectivity index (χ0v) is 18.1. The molecule has 2 rings (SSSR count). The molecule has 2 aromatic carbocycles. The van der Waals surface area contributed by atoms with E-state index in [0.717, 1.165) is 34.3 Å². The lowest BCUT2D eigenvalue weighted by molar-refractivity contribution is -0.111. The quantitative estimate of drug-likeness (QED) is 0.398. The summed E-state index contributed by atoms with van der Waals surface area (Å²) < 4.78 is 6.68. The van der Waals surface area contributed by atoms with E-state index in [1.54, 1.807) is 6.08 Å². The number of hydrogen-bond donors (Lipinski definition) is 1. The second kappa shape index (κ2) is 9.75. The maximum absolute atomic E-state index is 12.3. The first-order chi connectivity index (χ1) is 12.8. The number of nitrogens with one attached hydrogen (secondary N) is 1. The molecule has 144 valence electrons. The molecule has 2 aromatic rings. The van der Waals surface area contributed by atoms with Crippen molar-refractivity contribution in [3.05, 3.63) is 64.1 Å². The highest BCUT2D eigenvalue weighted by Crippen LogP contribution is 2.30. The minimum absolute atomic E-state index is 0.0620. The van der Waals surface area contributed by atoms with Crippen molar-refractivity contribution in [1.82, 2.24) is 0 Å². The van der Waals surface area contributed by atoms with Crippen LogP contribution in [0.5, 0.6) is 5.75 Å². The van der Waals surface area contributed by atoms with E-state index in [1.165, 1.54) is 11.6 Å². The summed E-state index contributed by atoms with van der Waals surface area (Å²) in [5.74, 6) is 0.619. The summed E-state index contributed by atoms with van der Waals surface area (Å²) in [5.41, 5.74) is 2.92. The van der Waals surface area contributed by atoms with Crippen molar-refractivity contribution in [2.75, 3.05) is 11.9 Å². The van der Waals surface area contributed by atoms with E-state index in [9.17, 15) is 4.79 Å². The molecule has 0 aromatic heterocycles. The van der Waals surface area contributed by atoms with Crippen LogP contribution in [0.3, 0.4) is 0 Å². The number of carbonyl (C=O) groups excluding carboxylic acids is 1. The predicted octanol–water partition coefficient (Wildman–Crippen LogP) is 6.58. The summed E-state index contributed by atoms with van der Waals surface area (Å²) in [6.45, 7) is 9.30. The maximum Gasteiger partial charge on any atom is 0.248 e. The second-order valence-electron chi connectivity index (χ2n) is 7.51. The van der Waals surface area contributed by atoms with Crippen molar-refractivity contribution in [2.45, 2.75) is 46.0 Å². The van der Waals surface area contributed by atoms with Gasteiger partial charge < -0.3 is 10.1 Å². The van der Waals surface area contributed by atoms with E-state index in [-0.39, 0.29) is 11.3 Å². The summed E-state index contributed by atoms with van der Waals surface area (Å²) in [6.07, 6.45) is 5.42. The van der Waals surface area contributed by atoms with Crippen LogP contribution in [0.25, 0.3) is 6.08 Å². The average Bonchev–Trinajstić information content (AvgIpc) is 2.62. The van der Waals surface area contributed by atoms with Gasteiger partial charge in [-0.2, -0.15) is 0 Å². The van der Waals surface area contributed by atoms with Crippen LogP contribution in [0, 0.1) is 0 Å². The molecule has 0 radical (unpaired) electrons. The fraction of sp³-hybridized carbons (Fsp3) is 0.348. The average molecular weight is 430 g/mol. The molecular weight excluding hydrogens is 402 g/mol. The van der Waals surface area contributed by atoms with Crippen LogP contribution in [0.1, 0.15) is 51.7 Å². The van der Waals surface area contributed by atoms with E-state index in [4.69, 9.17) is 4.74 Å². The molecule has 1 amide bonds. The van der Waals surface area contributed by atoms with Gasteiger partial charge in [0.15, 0.2) is 0 Å². The Morgan fingerprint density at radius 1 is 1.19 bits per heavy atom. The summed E-state index contributed by atoms with van der Waals surface area (Å²) >= 11 is 3.55. The van der Waals surface area contributed by atoms with E-state index in [1.807, 2.05) is 36.4 Å². The maximum atomic E-state index is 12.3. The molecule has 0 bridgehead atoms. The Kier molecular flexibility index (Phi) is 7.66. The highest BCUT2D eigenvalue weighted by atomic mass is 79.9. The van der Waals surface area contributed by atoms with E-state index in [0.29, 0.717) is 6.61 Å². The van der Waals surface area contributed by atoms with Gasteiger partial charge in [0, 0.05) is 16.1 Å². The Morgan fingerprint density at radius 3 is 2.59 bits per heavy atom. The first-order valence-corrected chi connectivity index (χ1v) is 10.1. The Balaban J connectivity index is 2.06. The fourth-order valence-electron chi connectivity index (χ4n) is 2.50. The lowest BCUT2D eigenvalue weighted by Gasteiger charge is -2.20. The number of rotatable bonds is 7. The molecule has 0 heterocycles. The van der Waals surface area contributed by atoms with Gasteiger partial charge >= 0.3 is 0 Å². The Bertz CT molecular complexity index is 806. The van der Waals surface area contributed by atoms with Crippen LogP contribution in [-0.4, -0.2) is 12.5 Å². The third kappa shape index (κ3) is 6.55. The number of amides is 1. The molecule has 0 fully saturated rings. The third-order valence-electron chi connectivity index (χ3n) is 4.18. The molecule has 0 aliphatic heterocycles. The fourth-order valence-corrected chi connectivity index (χ4v) is 2.98. The molecule has 3 nitrogen and oxygen atoms in total. The number of hydrogen-bond acceptors (Lipinski definition) is 2. The van der Waals surface area contributed by atoms with Gasteiger partial charge in [-0.25, -0.2) is 0 Å². The standard InChI is InChI=1S/C23H28BrNO2/c1-5-6-15-27-21-10-8-7-9-17(21)11-14-22(26)25-20-13-12-18(16-19(20)24)23(2,3)4/h7-14,16H,5-6,15H2,1-4H3,(H,25,26)/b14-11+. The van der Waals surface area contributed by atoms with Gasteiger partial charge in [-0.15, -0.1) is 0 Å². The third-order valence-corrected chi connectivity index (χ3v) is 4.84. The smallest absolute Gasteiger partial charge is 0.248 e. The number of halogens is 1. The van der Waals surface area contributed by atoms with Crippen LogP contribution >= 0.6 is 15.9 Å². The molecule has 27 heavy (non-hydrogen) atoms. The lowest BCUT2D eigenvalue weighted by Crippen LogP contribution is -2.12. The number of benzene rings is 2. The summed E-state index contributed by atoms with van der Waals surface area (Å²) in [6, 6.07) is 13.8. The van der Waals surface area contributed by atoms with Crippen LogP contribution in [-0.2, 0) is 10.2 Å². The summed E-state index contributed by atoms with van der Waals surface area (Å²) in [4.78, 5) is 12.3. The molecule has 0 unspecified atom stereocenters. The SMILES string of the molecule is CCCCOc1ccccc1/C=C/C(=O)Nc1ccc(C(C)(C)C)cc1Br. The minimum atomic E-state index is -0.178. The Labute approximate surface area is 171 Å². The van der Waals surface area contributed by atoms with Crippen molar-refractivity contribution < 1.29 is 9.53 Å². The molecule has 0 aliphatic rings. The minimum Gasteiger partial charge on any atom is -0.493 e. The second-order valence-corrected chi connectivity index (χ2v) is 8.36. The zero-order chi connectivity index (χ0) is 19.9. The van der Waals surface area contributed by atoms with Crippen molar-refractivity contribution in [3.8, 4) is 5.75 Å². The monoisotopic (exact) mass is 429 g/mol. The van der Waals surface area contributed by atoms with Crippen LogP contribution < -0.4 is 10.1 Å².